The second kappa shape index (κ2) is 7.29. The molecule has 1 aliphatic heterocycles. The van der Waals surface area contributed by atoms with Gasteiger partial charge < -0.3 is 4.98 Å². The van der Waals surface area contributed by atoms with Gasteiger partial charge in [0.1, 0.15) is 5.82 Å². The Hall–Kier alpha value is -2.44. The number of nitrogens with one attached hydrogen (secondary N) is 1. The van der Waals surface area contributed by atoms with Crippen molar-refractivity contribution in [2.75, 3.05) is 18.8 Å². The van der Waals surface area contributed by atoms with E-state index in [0.717, 1.165) is 27.6 Å². The fraction of sp³-hybridized carbons (Fsp3) is 0.238. The predicted octanol–water partition coefficient (Wildman–Crippen LogP) is 3.97. The van der Waals surface area contributed by atoms with Gasteiger partial charge >= 0.3 is 0 Å². The number of hydrogen-bond donors (Lipinski definition) is 1. The van der Waals surface area contributed by atoms with E-state index in [9.17, 15) is 12.8 Å². The first-order valence-electron chi connectivity index (χ1n) is 9.01. The van der Waals surface area contributed by atoms with Crippen molar-refractivity contribution < 1.29 is 12.8 Å². The zero-order valence-electron chi connectivity index (χ0n) is 14.9. The highest BCUT2D eigenvalue weighted by atomic mass is 32.2. The molecule has 0 fully saturated rings. The lowest BCUT2D eigenvalue weighted by Crippen LogP contribution is -2.36. The SMILES string of the molecule is O=S(=O)(CCc1ccccc1)N1CC=C(c2c[nH]c3ccc(F)cc23)CC1. The van der Waals surface area contributed by atoms with E-state index in [-0.39, 0.29) is 11.6 Å². The van der Waals surface area contributed by atoms with Gasteiger partial charge in [0, 0.05) is 35.8 Å². The number of halogens is 1. The number of aromatic amines is 1. The van der Waals surface area contributed by atoms with Gasteiger partial charge in [-0.2, -0.15) is 4.31 Å². The van der Waals surface area contributed by atoms with Crippen LogP contribution in [0.4, 0.5) is 4.39 Å². The molecule has 6 heteroatoms. The fourth-order valence-electron chi connectivity index (χ4n) is 3.53. The van der Waals surface area contributed by atoms with Crippen molar-refractivity contribution in [2.24, 2.45) is 0 Å². The van der Waals surface area contributed by atoms with Gasteiger partial charge in [-0.3, -0.25) is 0 Å². The lowest BCUT2D eigenvalue weighted by molar-refractivity contribution is 0.441. The Labute approximate surface area is 158 Å². The van der Waals surface area contributed by atoms with Crippen molar-refractivity contribution in [3.05, 3.63) is 77.7 Å². The number of nitrogens with zero attached hydrogens (tertiary/aromatic N) is 1. The van der Waals surface area contributed by atoms with Gasteiger partial charge in [0.15, 0.2) is 0 Å². The second-order valence-electron chi connectivity index (χ2n) is 6.78. The zero-order chi connectivity index (χ0) is 18.9. The van der Waals surface area contributed by atoms with E-state index in [1.807, 2.05) is 42.6 Å². The predicted molar refractivity (Wildman–Crippen MR) is 106 cm³/mol. The maximum Gasteiger partial charge on any atom is 0.214 e. The Morgan fingerprint density at radius 3 is 2.67 bits per heavy atom. The molecule has 0 amide bonds. The number of sulfonamides is 1. The lowest BCUT2D eigenvalue weighted by Gasteiger charge is -2.26. The summed E-state index contributed by atoms with van der Waals surface area (Å²) in [4.78, 5) is 3.15. The highest BCUT2D eigenvalue weighted by Gasteiger charge is 2.25. The Kier molecular flexibility index (Phi) is 4.85. The molecule has 0 bridgehead atoms. The molecule has 2 aromatic carbocycles. The average molecular weight is 384 g/mol. The molecule has 2 heterocycles. The Balaban J connectivity index is 1.48. The number of benzene rings is 2. The highest BCUT2D eigenvalue weighted by Crippen LogP contribution is 2.30. The van der Waals surface area contributed by atoms with Crippen molar-refractivity contribution in [3.8, 4) is 0 Å². The standard InChI is InChI=1S/C21H21FN2O2S/c22-18-6-7-21-19(14-18)20(15-23-21)17-8-11-24(12-9-17)27(25,26)13-10-16-4-2-1-3-5-16/h1-8,14-15,23H,9-13H2. The van der Waals surface area contributed by atoms with Crippen LogP contribution in [-0.4, -0.2) is 36.5 Å². The van der Waals surface area contributed by atoms with Gasteiger partial charge in [-0.1, -0.05) is 36.4 Å². The third-order valence-electron chi connectivity index (χ3n) is 5.05. The van der Waals surface area contributed by atoms with Gasteiger partial charge in [-0.15, -0.1) is 0 Å². The third-order valence-corrected chi connectivity index (χ3v) is 6.88. The molecule has 1 aliphatic rings. The summed E-state index contributed by atoms with van der Waals surface area (Å²) >= 11 is 0. The van der Waals surface area contributed by atoms with E-state index in [4.69, 9.17) is 0 Å². The molecule has 140 valence electrons. The van der Waals surface area contributed by atoms with Crippen LogP contribution in [0.2, 0.25) is 0 Å². The van der Waals surface area contributed by atoms with Crippen LogP contribution in [0, 0.1) is 5.82 Å². The molecular weight excluding hydrogens is 363 g/mol. The second-order valence-corrected chi connectivity index (χ2v) is 8.87. The topological polar surface area (TPSA) is 53.2 Å². The van der Waals surface area contributed by atoms with E-state index < -0.39 is 10.0 Å². The van der Waals surface area contributed by atoms with Crippen LogP contribution in [-0.2, 0) is 16.4 Å². The number of fused-ring (bicyclic) bond motifs is 1. The number of aryl methyl sites for hydroxylation is 1. The minimum Gasteiger partial charge on any atom is -0.361 e. The van der Waals surface area contributed by atoms with E-state index in [2.05, 4.69) is 4.98 Å². The Bertz CT molecular complexity index is 1090. The molecule has 0 aliphatic carbocycles. The fourth-order valence-corrected chi connectivity index (χ4v) is 4.95. The molecule has 0 spiro atoms. The van der Waals surface area contributed by atoms with Gasteiger partial charge in [0.25, 0.3) is 0 Å². The van der Waals surface area contributed by atoms with Crippen LogP contribution in [0.15, 0.2) is 60.8 Å². The number of H-pyrrole nitrogens is 1. The monoisotopic (exact) mass is 384 g/mol. The normalized spacial score (nSPS) is 15.8. The maximum atomic E-state index is 13.6. The average Bonchev–Trinajstić information content (AvgIpc) is 3.10. The lowest BCUT2D eigenvalue weighted by atomic mass is 10.00. The number of aromatic nitrogens is 1. The first-order chi connectivity index (χ1) is 13.0. The van der Waals surface area contributed by atoms with E-state index >= 15 is 0 Å². The molecule has 0 saturated heterocycles. The number of hydrogen-bond acceptors (Lipinski definition) is 2. The van der Waals surface area contributed by atoms with Crippen molar-refractivity contribution in [1.82, 2.24) is 9.29 Å². The molecule has 0 radical (unpaired) electrons. The zero-order valence-corrected chi connectivity index (χ0v) is 15.7. The summed E-state index contributed by atoms with van der Waals surface area (Å²) in [6.45, 7) is 0.805. The van der Waals surface area contributed by atoms with E-state index in [0.29, 0.717) is 25.9 Å². The smallest absolute Gasteiger partial charge is 0.214 e. The summed E-state index contributed by atoms with van der Waals surface area (Å²) in [5, 5.41) is 0.835. The highest BCUT2D eigenvalue weighted by molar-refractivity contribution is 7.89. The van der Waals surface area contributed by atoms with Crippen LogP contribution < -0.4 is 0 Å². The largest absolute Gasteiger partial charge is 0.361 e. The Morgan fingerprint density at radius 1 is 1.11 bits per heavy atom. The summed E-state index contributed by atoms with van der Waals surface area (Å²) in [6.07, 6.45) is 4.94. The first kappa shape index (κ1) is 17.9. The summed E-state index contributed by atoms with van der Waals surface area (Å²) in [7, 11) is -3.30. The summed E-state index contributed by atoms with van der Waals surface area (Å²) < 4.78 is 40.4. The molecule has 27 heavy (non-hydrogen) atoms. The molecule has 0 saturated carbocycles. The van der Waals surface area contributed by atoms with Crippen molar-refractivity contribution in [1.29, 1.82) is 0 Å². The minimum absolute atomic E-state index is 0.110. The minimum atomic E-state index is -3.30. The van der Waals surface area contributed by atoms with Crippen LogP contribution in [0.1, 0.15) is 17.5 Å². The van der Waals surface area contributed by atoms with Crippen LogP contribution >= 0.6 is 0 Å². The molecule has 4 rings (SSSR count). The molecule has 1 N–H and O–H groups in total. The molecule has 0 atom stereocenters. The molecule has 0 unspecified atom stereocenters. The van der Waals surface area contributed by atoms with Crippen LogP contribution in [0.25, 0.3) is 16.5 Å². The quantitative estimate of drug-likeness (QED) is 0.724. The number of rotatable bonds is 5. The Morgan fingerprint density at radius 2 is 1.93 bits per heavy atom. The van der Waals surface area contributed by atoms with Crippen molar-refractivity contribution in [2.45, 2.75) is 12.8 Å². The van der Waals surface area contributed by atoms with Crippen LogP contribution in [0.5, 0.6) is 0 Å². The van der Waals surface area contributed by atoms with E-state index in [1.54, 1.807) is 6.07 Å². The van der Waals surface area contributed by atoms with Crippen LogP contribution in [0.3, 0.4) is 0 Å². The van der Waals surface area contributed by atoms with Crippen molar-refractivity contribution >= 4 is 26.5 Å². The molecule has 3 aromatic rings. The third kappa shape index (κ3) is 3.82. The first-order valence-corrected chi connectivity index (χ1v) is 10.6. The molecule has 4 nitrogen and oxygen atoms in total. The molecular formula is C21H21FN2O2S. The van der Waals surface area contributed by atoms with Gasteiger partial charge in [0.05, 0.1) is 5.75 Å². The summed E-state index contributed by atoms with van der Waals surface area (Å²) in [6, 6.07) is 14.3. The van der Waals surface area contributed by atoms with Gasteiger partial charge in [0.2, 0.25) is 10.0 Å². The van der Waals surface area contributed by atoms with Crippen molar-refractivity contribution in [3.63, 3.8) is 0 Å². The van der Waals surface area contributed by atoms with Gasteiger partial charge in [-0.05, 0) is 42.2 Å². The molecule has 1 aromatic heterocycles. The summed E-state index contributed by atoms with van der Waals surface area (Å²) in [5.74, 6) is -0.164. The summed E-state index contributed by atoms with van der Waals surface area (Å²) in [5.41, 5.74) is 3.91. The van der Waals surface area contributed by atoms with E-state index in [1.165, 1.54) is 16.4 Å². The van der Waals surface area contributed by atoms with Gasteiger partial charge in [-0.25, -0.2) is 12.8 Å². The maximum absolute atomic E-state index is 13.6.